The van der Waals surface area contributed by atoms with Gasteiger partial charge in [0.2, 0.25) is 0 Å². The molecule has 1 aliphatic rings. The van der Waals surface area contributed by atoms with Gasteiger partial charge in [0.25, 0.3) is 0 Å². The molecule has 1 fully saturated rings. The molecular formula is C16H22N4S. The minimum atomic E-state index is 0.625. The molecule has 1 aromatic carbocycles. The summed E-state index contributed by atoms with van der Waals surface area (Å²) in [5, 5.41) is 4.71. The van der Waals surface area contributed by atoms with Crippen LogP contribution >= 0.6 is 12.2 Å². The lowest BCUT2D eigenvalue weighted by Gasteiger charge is -2.17. The van der Waals surface area contributed by atoms with Crippen LogP contribution in [-0.4, -0.2) is 26.3 Å². The topological polar surface area (TPSA) is 26.0 Å². The first-order valence-electron chi connectivity index (χ1n) is 7.43. The van der Waals surface area contributed by atoms with Gasteiger partial charge in [0, 0.05) is 19.5 Å². The Kier molecular flexibility index (Phi) is 3.95. The Morgan fingerprint density at radius 1 is 1.33 bits per heavy atom. The molecule has 0 saturated heterocycles. The molecule has 0 spiro atoms. The molecule has 1 aliphatic carbocycles. The van der Waals surface area contributed by atoms with E-state index in [-0.39, 0.29) is 0 Å². The Morgan fingerprint density at radius 2 is 2.05 bits per heavy atom. The molecule has 1 saturated carbocycles. The van der Waals surface area contributed by atoms with Crippen LogP contribution < -0.4 is 0 Å². The highest BCUT2D eigenvalue weighted by atomic mass is 32.1. The maximum Gasteiger partial charge on any atom is 0.198 e. The zero-order valence-electron chi connectivity index (χ0n) is 12.9. The Bertz CT molecular complexity index is 697. The first-order valence-corrected chi connectivity index (χ1v) is 7.84. The summed E-state index contributed by atoms with van der Waals surface area (Å²) in [5.74, 6) is 1.77. The van der Waals surface area contributed by atoms with Gasteiger partial charge in [-0.3, -0.25) is 4.90 Å². The summed E-state index contributed by atoms with van der Waals surface area (Å²) in [6.45, 7) is 3.79. The maximum atomic E-state index is 5.51. The maximum absolute atomic E-state index is 5.51. The molecule has 4 nitrogen and oxygen atoms in total. The van der Waals surface area contributed by atoms with Crippen LogP contribution in [0.25, 0.3) is 0 Å². The van der Waals surface area contributed by atoms with Crippen molar-refractivity contribution in [2.75, 3.05) is 7.05 Å². The number of aryl methyl sites for hydroxylation is 1. The molecule has 1 aromatic heterocycles. The first kappa shape index (κ1) is 14.5. The molecule has 1 heterocycles. The summed E-state index contributed by atoms with van der Waals surface area (Å²) in [6.07, 6.45) is 2.50. The van der Waals surface area contributed by atoms with Gasteiger partial charge in [0.1, 0.15) is 5.82 Å². The summed E-state index contributed by atoms with van der Waals surface area (Å²) in [5.41, 5.74) is 2.68. The van der Waals surface area contributed by atoms with E-state index in [4.69, 9.17) is 17.3 Å². The van der Waals surface area contributed by atoms with Crippen molar-refractivity contribution in [2.24, 2.45) is 7.05 Å². The Balaban J connectivity index is 1.73. The smallest absolute Gasteiger partial charge is 0.198 e. The van der Waals surface area contributed by atoms with E-state index in [1.54, 1.807) is 0 Å². The van der Waals surface area contributed by atoms with Crippen LogP contribution in [0.5, 0.6) is 0 Å². The van der Waals surface area contributed by atoms with Gasteiger partial charge in [-0.2, -0.15) is 5.10 Å². The summed E-state index contributed by atoms with van der Waals surface area (Å²) >= 11 is 5.51. The lowest BCUT2D eigenvalue weighted by Crippen LogP contribution is -2.23. The summed E-state index contributed by atoms with van der Waals surface area (Å²) in [6, 6.07) is 8.50. The largest absolute Gasteiger partial charge is 0.307 e. The molecule has 0 unspecified atom stereocenters. The first-order chi connectivity index (χ1) is 10.1. The number of nitrogens with zero attached hydrogens (tertiary/aromatic N) is 4. The van der Waals surface area contributed by atoms with Gasteiger partial charge in [0.15, 0.2) is 4.77 Å². The van der Waals surface area contributed by atoms with Crippen LogP contribution in [0.3, 0.4) is 0 Å². The van der Waals surface area contributed by atoms with Gasteiger partial charge in [-0.15, -0.1) is 0 Å². The molecule has 0 atom stereocenters. The van der Waals surface area contributed by atoms with E-state index in [0.717, 1.165) is 23.8 Å². The molecule has 0 bridgehead atoms. The predicted octanol–water partition coefficient (Wildman–Crippen LogP) is 3.23. The summed E-state index contributed by atoms with van der Waals surface area (Å²) < 4.78 is 4.82. The van der Waals surface area contributed by atoms with Crippen LogP contribution in [0.4, 0.5) is 0 Å². The number of hydrogen-bond acceptors (Lipinski definition) is 3. The summed E-state index contributed by atoms with van der Waals surface area (Å²) in [7, 11) is 4.14. The van der Waals surface area contributed by atoms with Crippen molar-refractivity contribution in [3.05, 3.63) is 46.0 Å². The highest BCUT2D eigenvalue weighted by Crippen LogP contribution is 2.38. The normalized spacial score (nSPS) is 14.9. The van der Waals surface area contributed by atoms with Crippen molar-refractivity contribution in [3.63, 3.8) is 0 Å². The second kappa shape index (κ2) is 5.73. The monoisotopic (exact) mass is 302 g/mol. The van der Waals surface area contributed by atoms with Crippen molar-refractivity contribution in [1.82, 2.24) is 19.2 Å². The van der Waals surface area contributed by atoms with Gasteiger partial charge in [0.05, 0.1) is 6.67 Å². The molecule has 0 N–H and O–H groups in total. The van der Waals surface area contributed by atoms with Crippen molar-refractivity contribution < 1.29 is 0 Å². The SMILES string of the molecule is Cc1ccccc1CN(C)Cn1nc(C2CC2)n(C)c1=S. The number of aromatic nitrogens is 3. The van der Waals surface area contributed by atoms with Gasteiger partial charge < -0.3 is 4.57 Å². The molecule has 0 radical (unpaired) electrons. The van der Waals surface area contributed by atoms with Crippen LogP contribution in [0.2, 0.25) is 0 Å². The fraction of sp³-hybridized carbons (Fsp3) is 0.500. The van der Waals surface area contributed by atoms with E-state index < -0.39 is 0 Å². The molecule has 2 aromatic rings. The third-order valence-electron chi connectivity index (χ3n) is 4.09. The van der Waals surface area contributed by atoms with E-state index in [1.165, 1.54) is 24.0 Å². The third-order valence-corrected chi connectivity index (χ3v) is 4.58. The quantitative estimate of drug-likeness (QED) is 0.793. The molecular weight excluding hydrogens is 280 g/mol. The average Bonchev–Trinajstić information content (AvgIpc) is 3.25. The van der Waals surface area contributed by atoms with Crippen LogP contribution in [-0.2, 0) is 20.3 Å². The zero-order valence-corrected chi connectivity index (χ0v) is 13.7. The molecule has 21 heavy (non-hydrogen) atoms. The Hall–Kier alpha value is -1.46. The zero-order chi connectivity index (χ0) is 15.0. The minimum Gasteiger partial charge on any atom is -0.307 e. The number of benzene rings is 1. The Labute approximate surface area is 131 Å². The highest BCUT2D eigenvalue weighted by Gasteiger charge is 2.29. The predicted molar refractivity (Wildman–Crippen MR) is 86.7 cm³/mol. The van der Waals surface area contributed by atoms with E-state index in [0.29, 0.717) is 5.92 Å². The standard InChI is InChI=1S/C16H22N4S/c1-12-6-4-5-7-14(12)10-18(2)11-20-16(21)19(3)15(17-20)13-8-9-13/h4-7,13H,8-11H2,1-3H3. The number of hydrogen-bond donors (Lipinski definition) is 0. The molecule has 0 amide bonds. The second-order valence-corrected chi connectivity index (χ2v) is 6.42. The second-order valence-electron chi connectivity index (χ2n) is 6.06. The van der Waals surface area contributed by atoms with E-state index in [1.807, 2.05) is 11.7 Å². The van der Waals surface area contributed by atoms with Gasteiger partial charge in [-0.1, -0.05) is 24.3 Å². The molecule has 0 aliphatic heterocycles. The van der Waals surface area contributed by atoms with Crippen molar-refractivity contribution >= 4 is 12.2 Å². The van der Waals surface area contributed by atoms with E-state index in [2.05, 4.69) is 47.7 Å². The van der Waals surface area contributed by atoms with E-state index >= 15 is 0 Å². The lowest BCUT2D eigenvalue weighted by molar-refractivity contribution is 0.243. The summed E-state index contributed by atoms with van der Waals surface area (Å²) in [4.78, 5) is 2.25. The molecule has 5 heteroatoms. The van der Waals surface area contributed by atoms with Crippen LogP contribution in [0.1, 0.15) is 35.7 Å². The number of rotatable bonds is 5. The Morgan fingerprint density at radius 3 is 2.71 bits per heavy atom. The van der Waals surface area contributed by atoms with Crippen molar-refractivity contribution in [2.45, 2.75) is 38.9 Å². The van der Waals surface area contributed by atoms with Gasteiger partial charge in [-0.25, -0.2) is 4.68 Å². The van der Waals surface area contributed by atoms with Crippen molar-refractivity contribution in [1.29, 1.82) is 0 Å². The average molecular weight is 302 g/mol. The van der Waals surface area contributed by atoms with Crippen molar-refractivity contribution in [3.8, 4) is 0 Å². The molecule has 3 rings (SSSR count). The fourth-order valence-corrected chi connectivity index (χ4v) is 2.84. The fourth-order valence-electron chi connectivity index (χ4n) is 2.65. The van der Waals surface area contributed by atoms with Crippen LogP contribution in [0, 0.1) is 11.7 Å². The van der Waals surface area contributed by atoms with E-state index in [9.17, 15) is 0 Å². The third kappa shape index (κ3) is 3.09. The molecule has 112 valence electrons. The van der Waals surface area contributed by atoms with Gasteiger partial charge >= 0.3 is 0 Å². The van der Waals surface area contributed by atoms with Crippen LogP contribution in [0.15, 0.2) is 24.3 Å². The minimum absolute atomic E-state index is 0.625. The van der Waals surface area contributed by atoms with Gasteiger partial charge in [-0.05, 0) is 50.2 Å². The highest BCUT2D eigenvalue weighted by molar-refractivity contribution is 7.71. The lowest BCUT2D eigenvalue weighted by atomic mass is 10.1.